The number of hydrogen-bond acceptors (Lipinski definition) is 5. The number of nitrogens with zero attached hydrogens (tertiary/aromatic N) is 2. The predicted molar refractivity (Wildman–Crippen MR) is 93.4 cm³/mol. The second kappa shape index (κ2) is 5.08. The zero-order chi connectivity index (χ0) is 16.9. The monoisotopic (exact) mass is 329 g/mol. The molecule has 2 aliphatic heterocycles. The Morgan fingerprint density at radius 2 is 1.64 bits per heavy atom. The van der Waals surface area contributed by atoms with Gasteiger partial charge in [-0.25, -0.2) is 9.98 Å². The molecule has 2 aromatic carbocycles. The summed E-state index contributed by atoms with van der Waals surface area (Å²) in [5, 5.41) is 0. The topological polar surface area (TPSA) is 69.7 Å². The molecule has 5 heteroatoms. The molecule has 0 amide bonds. The smallest absolute Gasteiger partial charge is 0.284 e. The summed E-state index contributed by atoms with van der Waals surface area (Å²) in [6.07, 6.45) is 1.32. The van der Waals surface area contributed by atoms with E-state index in [9.17, 15) is 0 Å². The van der Waals surface area contributed by atoms with E-state index >= 15 is 0 Å². The predicted octanol–water partition coefficient (Wildman–Crippen LogP) is 3.52. The molecule has 3 heterocycles. The lowest BCUT2D eigenvalue weighted by Gasteiger charge is -2.37. The third-order valence-corrected chi connectivity index (χ3v) is 4.69. The standard InChI is InChI=1S/C20H15N3O2/c21-19-23-20(17(25-19)13-7-2-1-3-8-13)14-9-4-5-11-16(14)24-18-15(20)10-6-12-22-18/h1-12,17H,(H2,21,23). The summed E-state index contributed by atoms with van der Waals surface area (Å²) in [5.41, 5.74) is 8.00. The highest BCUT2D eigenvalue weighted by atomic mass is 16.5. The first kappa shape index (κ1) is 14.0. The van der Waals surface area contributed by atoms with Gasteiger partial charge in [0.15, 0.2) is 11.6 Å². The van der Waals surface area contributed by atoms with Crippen LogP contribution in [-0.4, -0.2) is 11.0 Å². The fraction of sp³-hybridized carbons (Fsp3) is 0.100. The number of ether oxygens (including phenoxy) is 2. The highest BCUT2D eigenvalue weighted by Gasteiger charge is 2.54. The summed E-state index contributed by atoms with van der Waals surface area (Å²) in [7, 11) is 0. The van der Waals surface area contributed by atoms with Gasteiger partial charge in [0.05, 0.1) is 5.56 Å². The molecular weight excluding hydrogens is 314 g/mol. The number of pyridine rings is 1. The molecule has 0 bridgehead atoms. The Labute approximate surface area is 144 Å². The van der Waals surface area contributed by atoms with Crippen LogP contribution in [0.2, 0.25) is 0 Å². The molecule has 5 rings (SSSR count). The summed E-state index contributed by atoms with van der Waals surface area (Å²) >= 11 is 0. The van der Waals surface area contributed by atoms with Crippen molar-refractivity contribution in [3.05, 3.63) is 89.6 Å². The van der Waals surface area contributed by atoms with Gasteiger partial charge >= 0.3 is 0 Å². The van der Waals surface area contributed by atoms with E-state index in [0.717, 1.165) is 22.4 Å². The van der Waals surface area contributed by atoms with Crippen LogP contribution in [0, 0.1) is 0 Å². The Balaban J connectivity index is 1.84. The zero-order valence-corrected chi connectivity index (χ0v) is 13.3. The Kier molecular flexibility index (Phi) is 2.85. The first-order chi connectivity index (χ1) is 12.3. The van der Waals surface area contributed by atoms with Crippen LogP contribution in [-0.2, 0) is 10.3 Å². The van der Waals surface area contributed by atoms with E-state index in [-0.39, 0.29) is 12.1 Å². The molecule has 1 spiro atoms. The van der Waals surface area contributed by atoms with Gasteiger partial charge in [0.1, 0.15) is 5.75 Å². The lowest BCUT2D eigenvalue weighted by molar-refractivity contribution is 0.148. The van der Waals surface area contributed by atoms with Crippen LogP contribution in [0.1, 0.15) is 22.8 Å². The molecule has 1 aromatic heterocycles. The van der Waals surface area contributed by atoms with Crippen molar-refractivity contribution in [2.75, 3.05) is 0 Å². The van der Waals surface area contributed by atoms with Gasteiger partial charge in [-0.1, -0.05) is 48.5 Å². The van der Waals surface area contributed by atoms with Crippen LogP contribution in [0.25, 0.3) is 0 Å². The van der Waals surface area contributed by atoms with Crippen molar-refractivity contribution in [1.29, 1.82) is 0 Å². The fourth-order valence-electron chi connectivity index (χ4n) is 3.69. The van der Waals surface area contributed by atoms with Crippen LogP contribution >= 0.6 is 0 Å². The van der Waals surface area contributed by atoms with E-state index in [2.05, 4.69) is 4.98 Å². The molecule has 3 aromatic rings. The van der Waals surface area contributed by atoms with Gasteiger partial charge in [-0.3, -0.25) is 0 Å². The summed E-state index contributed by atoms with van der Waals surface area (Å²) < 4.78 is 12.0. The maximum absolute atomic E-state index is 6.05. The number of rotatable bonds is 1. The van der Waals surface area contributed by atoms with E-state index in [0.29, 0.717) is 5.88 Å². The molecule has 0 fully saturated rings. The minimum atomic E-state index is -0.816. The van der Waals surface area contributed by atoms with Crippen LogP contribution < -0.4 is 10.5 Å². The molecule has 2 atom stereocenters. The first-order valence-electron chi connectivity index (χ1n) is 8.09. The molecule has 0 aliphatic carbocycles. The quantitative estimate of drug-likeness (QED) is 0.741. The molecule has 122 valence electrons. The Bertz CT molecular complexity index is 939. The van der Waals surface area contributed by atoms with E-state index < -0.39 is 5.54 Å². The van der Waals surface area contributed by atoms with Gasteiger partial charge < -0.3 is 15.2 Å². The van der Waals surface area contributed by atoms with Crippen molar-refractivity contribution < 1.29 is 9.47 Å². The second-order valence-electron chi connectivity index (χ2n) is 6.08. The number of fused-ring (bicyclic) bond motifs is 4. The minimum absolute atomic E-state index is 0.167. The summed E-state index contributed by atoms with van der Waals surface area (Å²) in [6, 6.07) is 21.8. The molecule has 0 saturated heterocycles. The van der Waals surface area contributed by atoms with Crippen molar-refractivity contribution >= 4 is 6.02 Å². The van der Waals surface area contributed by atoms with E-state index in [1.807, 2.05) is 66.7 Å². The molecular formula is C20H15N3O2. The van der Waals surface area contributed by atoms with Crippen LogP contribution in [0.15, 0.2) is 77.9 Å². The highest BCUT2D eigenvalue weighted by Crippen LogP contribution is 2.57. The first-order valence-corrected chi connectivity index (χ1v) is 8.09. The van der Waals surface area contributed by atoms with Crippen LogP contribution in [0.3, 0.4) is 0 Å². The van der Waals surface area contributed by atoms with Crippen LogP contribution in [0.5, 0.6) is 11.6 Å². The number of para-hydroxylation sites is 1. The molecule has 5 nitrogen and oxygen atoms in total. The van der Waals surface area contributed by atoms with Crippen molar-refractivity contribution in [3.8, 4) is 11.6 Å². The maximum Gasteiger partial charge on any atom is 0.284 e. The minimum Gasteiger partial charge on any atom is -0.454 e. The highest BCUT2D eigenvalue weighted by molar-refractivity contribution is 5.77. The molecule has 2 unspecified atom stereocenters. The number of aliphatic imine (C=N–C) groups is 1. The third kappa shape index (κ3) is 1.89. The number of aromatic nitrogens is 1. The number of amidine groups is 1. The van der Waals surface area contributed by atoms with Gasteiger partial charge in [-0.15, -0.1) is 0 Å². The van der Waals surface area contributed by atoms with Crippen LogP contribution in [0.4, 0.5) is 0 Å². The Morgan fingerprint density at radius 3 is 2.52 bits per heavy atom. The molecule has 25 heavy (non-hydrogen) atoms. The normalized spacial score (nSPS) is 23.2. The van der Waals surface area contributed by atoms with E-state index in [1.165, 1.54) is 0 Å². The lowest BCUT2D eigenvalue weighted by Crippen LogP contribution is -2.34. The molecule has 0 saturated carbocycles. The van der Waals surface area contributed by atoms with Gasteiger partial charge in [0.2, 0.25) is 5.88 Å². The van der Waals surface area contributed by atoms with Gasteiger partial charge in [-0.2, -0.15) is 0 Å². The number of nitrogens with two attached hydrogens (primary N) is 1. The Hall–Kier alpha value is -3.34. The maximum atomic E-state index is 6.05. The average Bonchev–Trinajstić information content (AvgIpc) is 3.01. The second-order valence-corrected chi connectivity index (χ2v) is 6.08. The Morgan fingerprint density at radius 1 is 0.880 bits per heavy atom. The van der Waals surface area contributed by atoms with E-state index in [4.69, 9.17) is 20.2 Å². The third-order valence-electron chi connectivity index (χ3n) is 4.69. The van der Waals surface area contributed by atoms with Gasteiger partial charge in [-0.05, 0) is 23.8 Å². The molecule has 2 N–H and O–H groups in total. The van der Waals surface area contributed by atoms with Crippen molar-refractivity contribution in [2.24, 2.45) is 10.7 Å². The zero-order valence-electron chi connectivity index (χ0n) is 13.3. The largest absolute Gasteiger partial charge is 0.454 e. The number of hydrogen-bond donors (Lipinski definition) is 1. The van der Waals surface area contributed by atoms with Gasteiger partial charge in [0.25, 0.3) is 6.02 Å². The van der Waals surface area contributed by atoms with E-state index in [1.54, 1.807) is 6.20 Å². The molecule has 0 radical (unpaired) electrons. The SMILES string of the molecule is NC1=NC2(c3ccccc3Oc3ncccc32)C(c2ccccc2)O1. The van der Waals surface area contributed by atoms with Crippen molar-refractivity contribution in [1.82, 2.24) is 4.98 Å². The van der Waals surface area contributed by atoms with Gasteiger partial charge in [0, 0.05) is 11.8 Å². The number of benzene rings is 2. The average molecular weight is 329 g/mol. The summed E-state index contributed by atoms with van der Waals surface area (Å²) in [5.74, 6) is 1.25. The van der Waals surface area contributed by atoms with Crippen molar-refractivity contribution in [3.63, 3.8) is 0 Å². The molecule has 2 aliphatic rings. The lowest BCUT2D eigenvalue weighted by atomic mass is 9.75. The fourth-order valence-corrected chi connectivity index (χ4v) is 3.69. The summed E-state index contributed by atoms with van der Waals surface area (Å²) in [4.78, 5) is 9.17. The summed E-state index contributed by atoms with van der Waals surface area (Å²) in [6.45, 7) is 0. The van der Waals surface area contributed by atoms with Crippen molar-refractivity contribution in [2.45, 2.75) is 11.6 Å².